The average Bonchev–Trinajstić information content (AvgIpc) is 3.28. The lowest BCUT2D eigenvalue weighted by atomic mass is 9.52. The van der Waals surface area contributed by atoms with Crippen molar-refractivity contribution in [3.05, 3.63) is 71.8 Å². The van der Waals surface area contributed by atoms with E-state index in [1.807, 2.05) is 25.3 Å². The van der Waals surface area contributed by atoms with Gasteiger partial charge in [-0.1, -0.05) is 74.5 Å². The third kappa shape index (κ3) is 5.48. The highest BCUT2D eigenvalue weighted by Crippen LogP contribution is 2.63. The SMILES string of the molecule is COC[C@]12CC[C@@]1(C)C(=O)N([C@H](C)c1ccccc1)C2.COC[C@]12CC[C@@]1(C)CN([C@H](C)c1ccccc1)C2.O=C=O. The van der Waals surface area contributed by atoms with E-state index in [-0.39, 0.29) is 23.0 Å². The fraction of sp³-hybridized carbons (Fsp3) is 0.600. The van der Waals surface area contributed by atoms with Crippen LogP contribution in [0.1, 0.15) is 76.6 Å². The summed E-state index contributed by atoms with van der Waals surface area (Å²) in [5.74, 6) is 0.303. The minimum absolute atomic E-state index is 0.0296. The number of fused-ring (bicyclic) bond motifs is 2. The molecule has 2 saturated carbocycles. The van der Waals surface area contributed by atoms with Crippen LogP contribution < -0.4 is 0 Å². The quantitative estimate of drug-likeness (QED) is 0.388. The van der Waals surface area contributed by atoms with Crippen molar-refractivity contribution in [1.82, 2.24) is 9.80 Å². The molecule has 1 amide bonds. The van der Waals surface area contributed by atoms with Crippen LogP contribution in [0.2, 0.25) is 0 Å². The Morgan fingerprint density at radius 2 is 1.24 bits per heavy atom. The summed E-state index contributed by atoms with van der Waals surface area (Å²) in [6, 6.07) is 21.8. The van der Waals surface area contributed by atoms with Crippen molar-refractivity contribution >= 4 is 12.1 Å². The summed E-state index contributed by atoms with van der Waals surface area (Å²) >= 11 is 0. The summed E-state index contributed by atoms with van der Waals surface area (Å²) < 4.78 is 10.9. The molecule has 0 bridgehead atoms. The van der Waals surface area contributed by atoms with Gasteiger partial charge in [0.25, 0.3) is 0 Å². The van der Waals surface area contributed by atoms with E-state index in [4.69, 9.17) is 19.1 Å². The molecule has 0 radical (unpaired) electrons. The molecule has 7 nitrogen and oxygen atoms in total. The van der Waals surface area contributed by atoms with E-state index in [9.17, 15) is 4.79 Å². The number of carbonyl (C=O) groups excluding carboxylic acids is 3. The maximum Gasteiger partial charge on any atom is 0.373 e. The monoisotopic (exact) mass is 576 g/mol. The summed E-state index contributed by atoms with van der Waals surface area (Å²) in [6.45, 7) is 13.9. The molecule has 7 heteroatoms. The van der Waals surface area contributed by atoms with Gasteiger partial charge in [-0.2, -0.15) is 9.59 Å². The molecule has 2 aromatic carbocycles. The number of likely N-dealkylation sites (tertiary alicyclic amines) is 2. The number of benzene rings is 2. The van der Waals surface area contributed by atoms with Gasteiger partial charge in [0.1, 0.15) is 0 Å². The lowest BCUT2D eigenvalue weighted by molar-refractivity contribution is -0.191. The van der Waals surface area contributed by atoms with Crippen molar-refractivity contribution in [1.29, 1.82) is 0 Å². The molecule has 6 atom stereocenters. The zero-order valence-electron chi connectivity index (χ0n) is 26.2. The Kier molecular flexibility index (Phi) is 9.79. The van der Waals surface area contributed by atoms with Crippen molar-refractivity contribution in [3.63, 3.8) is 0 Å². The van der Waals surface area contributed by atoms with Crippen LogP contribution in [0, 0.1) is 21.7 Å². The normalized spacial score (nSPS) is 32.4. The van der Waals surface area contributed by atoms with E-state index in [1.165, 1.54) is 37.1 Å². The molecule has 0 unspecified atom stereocenters. The Morgan fingerprint density at radius 1 is 0.738 bits per heavy atom. The van der Waals surface area contributed by atoms with Gasteiger partial charge in [-0.25, -0.2) is 0 Å². The number of hydrogen-bond acceptors (Lipinski definition) is 6. The number of amides is 1. The molecular weight excluding hydrogens is 528 g/mol. The highest BCUT2D eigenvalue weighted by atomic mass is 16.5. The Labute approximate surface area is 251 Å². The van der Waals surface area contributed by atoms with E-state index in [2.05, 4.69) is 80.0 Å². The lowest BCUT2D eigenvalue weighted by Gasteiger charge is -2.52. The highest BCUT2D eigenvalue weighted by Gasteiger charge is 2.67. The summed E-state index contributed by atoms with van der Waals surface area (Å²) in [5.41, 5.74) is 3.32. The molecule has 2 aliphatic carbocycles. The average molecular weight is 577 g/mol. The number of methoxy groups -OCH3 is 2. The van der Waals surface area contributed by atoms with Crippen LogP contribution in [0.25, 0.3) is 0 Å². The van der Waals surface area contributed by atoms with E-state index < -0.39 is 0 Å². The molecule has 4 aliphatic rings. The third-order valence-electron chi connectivity index (χ3n) is 11.4. The van der Waals surface area contributed by atoms with Crippen molar-refractivity contribution < 1.29 is 23.9 Å². The Bertz CT molecular complexity index is 1230. The molecule has 2 heterocycles. The van der Waals surface area contributed by atoms with Gasteiger partial charge in [0.2, 0.25) is 5.91 Å². The Morgan fingerprint density at radius 3 is 1.69 bits per heavy atom. The van der Waals surface area contributed by atoms with Gasteiger partial charge >= 0.3 is 6.15 Å². The van der Waals surface area contributed by atoms with Gasteiger partial charge in [0, 0.05) is 50.7 Å². The molecule has 2 aliphatic heterocycles. The molecule has 42 heavy (non-hydrogen) atoms. The van der Waals surface area contributed by atoms with Crippen LogP contribution in [0.3, 0.4) is 0 Å². The maximum atomic E-state index is 12.9. The van der Waals surface area contributed by atoms with E-state index in [0.717, 1.165) is 26.0 Å². The topological polar surface area (TPSA) is 76.2 Å². The van der Waals surface area contributed by atoms with Crippen molar-refractivity contribution in [2.24, 2.45) is 21.7 Å². The summed E-state index contributed by atoms with van der Waals surface area (Å²) in [6.07, 6.45) is 5.03. The Balaban J connectivity index is 0.000000177. The first-order valence-electron chi connectivity index (χ1n) is 15.2. The Hall–Kier alpha value is -2.83. The van der Waals surface area contributed by atoms with Gasteiger partial charge in [-0.3, -0.25) is 9.69 Å². The number of nitrogens with zero attached hydrogens (tertiary/aromatic N) is 2. The van der Waals surface area contributed by atoms with E-state index in [0.29, 0.717) is 29.4 Å². The van der Waals surface area contributed by atoms with Gasteiger partial charge < -0.3 is 14.4 Å². The van der Waals surface area contributed by atoms with Crippen molar-refractivity contribution in [2.45, 2.75) is 65.5 Å². The van der Waals surface area contributed by atoms with Crippen LogP contribution in [0.4, 0.5) is 0 Å². The standard InChI is InChI=1S/C17H23NO2.C17H25NO.CO2/c1-13(14-7-5-4-6-8-14)18-11-17(12-20-3)10-9-16(17,2)15(18)19;1-14(15-7-5-4-6-8-15)18-11-16(2)9-10-17(16,12-18)13-19-3;2-1-3/h4-8,13H,9-12H2,1-3H3;4-8,14H,9-13H2,1-3H3;/t13-,16+,17-;14-,16+,17-;/m11./s1. The second-order valence-corrected chi connectivity index (χ2v) is 13.4. The minimum atomic E-state index is -0.216. The number of rotatable bonds is 8. The van der Waals surface area contributed by atoms with Crippen molar-refractivity contribution in [3.8, 4) is 0 Å². The molecule has 6 rings (SSSR count). The van der Waals surface area contributed by atoms with Crippen LogP contribution in [0.5, 0.6) is 0 Å². The first-order chi connectivity index (χ1) is 20.1. The number of ether oxygens (including phenoxy) is 2. The molecule has 4 fully saturated rings. The molecule has 0 N–H and O–H groups in total. The molecular formula is C35H48N2O5. The van der Waals surface area contributed by atoms with Crippen LogP contribution >= 0.6 is 0 Å². The summed E-state index contributed by atoms with van der Waals surface area (Å²) in [4.78, 5) is 33.8. The first-order valence-corrected chi connectivity index (χ1v) is 15.2. The van der Waals surface area contributed by atoms with Gasteiger partial charge in [-0.15, -0.1) is 0 Å². The van der Waals surface area contributed by atoms with E-state index >= 15 is 0 Å². The zero-order chi connectivity index (χ0) is 30.6. The largest absolute Gasteiger partial charge is 0.384 e. The predicted octanol–water partition coefficient (Wildman–Crippen LogP) is 5.94. The number of carbonyl (C=O) groups is 1. The van der Waals surface area contributed by atoms with Gasteiger partial charge in [0.15, 0.2) is 0 Å². The number of hydrogen-bond donors (Lipinski definition) is 0. The molecule has 2 saturated heterocycles. The van der Waals surface area contributed by atoms with Gasteiger partial charge in [-0.05, 0) is 56.1 Å². The molecule has 228 valence electrons. The van der Waals surface area contributed by atoms with E-state index in [1.54, 1.807) is 7.11 Å². The third-order valence-corrected chi connectivity index (χ3v) is 11.4. The predicted molar refractivity (Wildman–Crippen MR) is 161 cm³/mol. The zero-order valence-corrected chi connectivity index (χ0v) is 26.2. The fourth-order valence-electron chi connectivity index (χ4n) is 8.03. The second-order valence-electron chi connectivity index (χ2n) is 13.4. The molecule has 0 aromatic heterocycles. The van der Waals surface area contributed by atoms with Crippen LogP contribution in [-0.2, 0) is 23.9 Å². The summed E-state index contributed by atoms with van der Waals surface area (Å²) in [5, 5.41) is 0. The maximum absolute atomic E-state index is 12.9. The lowest BCUT2D eigenvalue weighted by Crippen LogP contribution is -2.52. The smallest absolute Gasteiger partial charge is 0.373 e. The highest BCUT2D eigenvalue weighted by molar-refractivity contribution is 5.87. The first kappa shape index (κ1) is 32.1. The van der Waals surface area contributed by atoms with Crippen LogP contribution in [-0.4, -0.2) is 68.9 Å². The van der Waals surface area contributed by atoms with Crippen LogP contribution in [0.15, 0.2) is 60.7 Å². The minimum Gasteiger partial charge on any atom is -0.384 e. The summed E-state index contributed by atoms with van der Waals surface area (Å²) in [7, 11) is 3.58. The fourth-order valence-corrected chi connectivity index (χ4v) is 8.03. The second kappa shape index (κ2) is 12.8. The molecule has 2 aromatic rings. The molecule has 0 spiro atoms. The van der Waals surface area contributed by atoms with Gasteiger partial charge in [0.05, 0.1) is 24.7 Å². The van der Waals surface area contributed by atoms with Crippen molar-refractivity contribution in [2.75, 3.05) is 47.1 Å².